The zero-order valence-corrected chi connectivity index (χ0v) is 11.8. The third-order valence-electron chi connectivity index (χ3n) is 3.69. The molecule has 1 aliphatic carbocycles. The highest BCUT2D eigenvalue weighted by atomic mass is 16.5. The van der Waals surface area contributed by atoms with Gasteiger partial charge in [-0.3, -0.25) is 4.79 Å². The number of carbonyl (C=O) groups is 1. The maximum absolute atomic E-state index is 11.8. The summed E-state index contributed by atoms with van der Waals surface area (Å²) in [4.78, 5) is 11.8. The zero-order valence-electron chi connectivity index (χ0n) is 11.8. The average molecular weight is 261 g/mol. The van der Waals surface area contributed by atoms with Crippen LogP contribution in [-0.2, 0) is 4.79 Å². The number of aryl methyl sites for hydroxylation is 1. The van der Waals surface area contributed by atoms with Crippen LogP contribution in [-0.4, -0.2) is 18.6 Å². The summed E-state index contributed by atoms with van der Waals surface area (Å²) < 4.78 is 5.48. The molecule has 3 nitrogen and oxygen atoms in total. The lowest BCUT2D eigenvalue weighted by Gasteiger charge is -2.27. The van der Waals surface area contributed by atoms with Gasteiger partial charge in [0.05, 0.1) is 0 Å². The molecule has 3 heteroatoms. The Hall–Kier alpha value is -1.51. The first-order valence-corrected chi connectivity index (χ1v) is 7.12. The first kappa shape index (κ1) is 13.9. The Morgan fingerprint density at radius 2 is 2.05 bits per heavy atom. The zero-order chi connectivity index (χ0) is 13.7. The van der Waals surface area contributed by atoms with Crippen LogP contribution in [0.5, 0.6) is 5.75 Å². The molecule has 1 fully saturated rings. The topological polar surface area (TPSA) is 38.3 Å². The number of hydrogen-bond donors (Lipinski definition) is 1. The van der Waals surface area contributed by atoms with Gasteiger partial charge in [-0.25, -0.2) is 0 Å². The van der Waals surface area contributed by atoms with Crippen molar-refractivity contribution >= 4 is 5.91 Å². The Bertz CT molecular complexity index is 413. The predicted octanol–water partition coefficient (Wildman–Crippen LogP) is 3.07. The molecule has 0 aromatic heterocycles. The van der Waals surface area contributed by atoms with Crippen molar-refractivity contribution in [3.05, 3.63) is 29.8 Å². The molecular weight excluding hydrogens is 238 g/mol. The quantitative estimate of drug-likeness (QED) is 0.904. The molecular formula is C16H23NO2. The molecule has 1 aliphatic rings. The molecule has 1 aromatic carbocycles. The molecule has 0 aliphatic heterocycles. The summed E-state index contributed by atoms with van der Waals surface area (Å²) in [7, 11) is 0. The number of nitrogens with one attached hydrogen (secondary N) is 1. The van der Waals surface area contributed by atoms with Crippen LogP contribution in [0.15, 0.2) is 24.3 Å². The molecule has 0 bridgehead atoms. The van der Waals surface area contributed by atoms with Gasteiger partial charge < -0.3 is 10.1 Å². The van der Waals surface area contributed by atoms with Gasteiger partial charge in [-0.1, -0.05) is 37.5 Å². The van der Waals surface area contributed by atoms with Crippen molar-refractivity contribution in [2.45, 2.75) is 45.6 Å². The van der Waals surface area contributed by atoms with E-state index in [0.717, 1.165) is 24.5 Å². The van der Waals surface area contributed by atoms with Crippen molar-refractivity contribution in [1.82, 2.24) is 5.32 Å². The minimum atomic E-state index is -0.0142. The molecule has 19 heavy (non-hydrogen) atoms. The molecule has 0 radical (unpaired) electrons. The molecule has 0 saturated heterocycles. The van der Waals surface area contributed by atoms with Crippen molar-refractivity contribution in [1.29, 1.82) is 0 Å². The first-order valence-electron chi connectivity index (χ1n) is 7.12. The van der Waals surface area contributed by atoms with Crippen LogP contribution >= 0.6 is 0 Å². The van der Waals surface area contributed by atoms with Gasteiger partial charge in [0.25, 0.3) is 5.91 Å². The van der Waals surface area contributed by atoms with Crippen LogP contribution in [0, 0.1) is 12.8 Å². The van der Waals surface area contributed by atoms with E-state index in [1.165, 1.54) is 18.4 Å². The SMILES string of the molecule is Cc1ccc(OCC(=O)NC2CCCC(C)C2)cc1. The van der Waals surface area contributed by atoms with Gasteiger partial charge in [0.15, 0.2) is 6.61 Å². The van der Waals surface area contributed by atoms with Gasteiger partial charge in [-0.2, -0.15) is 0 Å². The molecule has 0 heterocycles. The third kappa shape index (κ3) is 4.58. The number of hydrogen-bond acceptors (Lipinski definition) is 2. The summed E-state index contributed by atoms with van der Waals surface area (Å²) in [6.45, 7) is 4.38. The average Bonchev–Trinajstić information content (AvgIpc) is 2.38. The minimum absolute atomic E-state index is 0.0142. The largest absolute Gasteiger partial charge is 0.484 e. The van der Waals surface area contributed by atoms with Gasteiger partial charge in [0.2, 0.25) is 0 Å². The fraction of sp³-hybridized carbons (Fsp3) is 0.562. The van der Waals surface area contributed by atoms with Crippen LogP contribution in [0.2, 0.25) is 0 Å². The lowest BCUT2D eigenvalue weighted by molar-refractivity contribution is -0.124. The Morgan fingerprint density at radius 3 is 2.74 bits per heavy atom. The number of ether oxygens (including phenoxy) is 1. The number of carbonyl (C=O) groups excluding carboxylic acids is 1. The van der Waals surface area contributed by atoms with Gasteiger partial charge in [-0.15, -0.1) is 0 Å². The standard InChI is InChI=1S/C16H23NO2/c1-12-6-8-15(9-7-12)19-11-16(18)17-14-5-3-4-13(2)10-14/h6-9,13-14H,3-5,10-11H2,1-2H3,(H,17,18). The molecule has 0 spiro atoms. The van der Waals surface area contributed by atoms with Crippen LogP contribution in [0.4, 0.5) is 0 Å². The summed E-state index contributed by atoms with van der Waals surface area (Å²) in [5.41, 5.74) is 1.19. The van der Waals surface area contributed by atoms with Crippen molar-refractivity contribution in [2.75, 3.05) is 6.61 Å². The normalized spacial score (nSPS) is 22.8. The van der Waals surface area contributed by atoms with Gasteiger partial charge >= 0.3 is 0 Å². The van der Waals surface area contributed by atoms with Crippen LogP contribution in [0.1, 0.15) is 38.2 Å². The molecule has 1 saturated carbocycles. The van der Waals surface area contributed by atoms with E-state index in [2.05, 4.69) is 12.2 Å². The second kappa shape index (κ2) is 6.60. The molecule has 1 aromatic rings. The van der Waals surface area contributed by atoms with Crippen molar-refractivity contribution in [3.8, 4) is 5.75 Å². The van der Waals surface area contributed by atoms with E-state index in [1.807, 2.05) is 31.2 Å². The van der Waals surface area contributed by atoms with Crippen LogP contribution in [0.3, 0.4) is 0 Å². The number of benzene rings is 1. The van der Waals surface area contributed by atoms with Gasteiger partial charge in [0.1, 0.15) is 5.75 Å². The van der Waals surface area contributed by atoms with Crippen molar-refractivity contribution in [3.63, 3.8) is 0 Å². The number of amides is 1. The van der Waals surface area contributed by atoms with E-state index in [4.69, 9.17) is 4.74 Å². The highest BCUT2D eigenvalue weighted by Gasteiger charge is 2.20. The summed E-state index contributed by atoms with van der Waals surface area (Å²) in [5, 5.41) is 3.07. The molecule has 1 N–H and O–H groups in total. The molecule has 2 atom stereocenters. The van der Waals surface area contributed by atoms with Crippen LogP contribution < -0.4 is 10.1 Å². The predicted molar refractivity (Wildman–Crippen MR) is 76.2 cm³/mol. The fourth-order valence-electron chi connectivity index (χ4n) is 2.62. The summed E-state index contributed by atoms with van der Waals surface area (Å²) in [6, 6.07) is 8.08. The molecule has 2 unspecified atom stereocenters. The van der Waals surface area contributed by atoms with E-state index in [-0.39, 0.29) is 12.5 Å². The number of rotatable bonds is 4. The maximum Gasteiger partial charge on any atom is 0.258 e. The fourth-order valence-corrected chi connectivity index (χ4v) is 2.62. The smallest absolute Gasteiger partial charge is 0.258 e. The van der Waals surface area contributed by atoms with Crippen molar-refractivity contribution < 1.29 is 9.53 Å². The second-order valence-electron chi connectivity index (χ2n) is 5.64. The second-order valence-corrected chi connectivity index (χ2v) is 5.64. The Morgan fingerprint density at radius 1 is 1.32 bits per heavy atom. The van der Waals surface area contributed by atoms with Gasteiger partial charge in [-0.05, 0) is 37.8 Å². The monoisotopic (exact) mass is 261 g/mol. The third-order valence-corrected chi connectivity index (χ3v) is 3.69. The summed E-state index contributed by atoms with van der Waals surface area (Å²) >= 11 is 0. The van der Waals surface area contributed by atoms with Gasteiger partial charge in [0, 0.05) is 6.04 Å². The Balaban J connectivity index is 1.73. The van der Waals surface area contributed by atoms with Crippen molar-refractivity contribution in [2.24, 2.45) is 5.92 Å². The van der Waals surface area contributed by atoms with Crippen LogP contribution in [0.25, 0.3) is 0 Å². The maximum atomic E-state index is 11.8. The highest BCUT2D eigenvalue weighted by molar-refractivity contribution is 5.77. The van der Waals surface area contributed by atoms with E-state index >= 15 is 0 Å². The van der Waals surface area contributed by atoms with E-state index in [9.17, 15) is 4.79 Å². The highest BCUT2D eigenvalue weighted by Crippen LogP contribution is 2.23. The molecule has 2 rings (SSSR count). The first-order chi connectivity index (χ1) is 9.13. The van der Waals surface area contributed by atoms with E-state index < -0.39 is 0 Å². The van der Waals surface area contributed by atoms with E-state index in [1.54, 1.807) is 0 Å². The summed E-state index contributed by atoms with van der Waals surface area (Å²) in [5.74, 6) is 1.45. The Labute approximate surface area is 115 Å². The Kier molecular flexibility index (Phi) is 4.83. The lowest BCUT2D eigenvalue weighted by atomic mass is 9.87. The molecule has 104 valence electrons. The molecule has 1 amide bonds. The minimum Gasteiger partial charge on any atom is -0.484 e. The van der Waals surface area contributed by atoms with E-state index in [0.29, 0.717) is 6.04 Å². The lowest BCUT2D eigenvalue weighted by Crippen LogP contribution is -2.40. The summed E-state index contributed by atoms with van der Waals surface area (Å²) in [6.07, 6.45) is 4.69.